The molecule has 1 amide bonds. The molecule has 1 saturated heterocycles. The predicted octanol–water partition coefficient (Wildman–Crippen LogP) is 4.60. The van der Waals surface area contributed by atoms with Gasteiger partial charge in [-0.1, -0.05) is 43.2 Å². The van der Waals surface area contributed by atoms with Crippen LogP contribution in [-0.4, -0.2) is 41.8 Å². The van der Waals surface area contributed by atoms with Crippen molar-refractivity contribution < 1.29 is 19.4 Å². The summed E-state index contributed by atoms with van der Waals surface area (Å²) in [5, 5.41) is 11.5. The van der Waals surface area contributed by atoms with Crippen molar-refractivity contribution in [2.45, 2.75) is 50.7 Å². The van der Waals surface area contributed by atoms with Crippen LogP contribution in [0, 0.1) is 5.92 Å². The summed E-state index contributed by atoms with van der Waals surface area (Å²) in [5.41, 5.74) is 0.799. The Kier molecular flexibility index (Phi) is 6.00. The van der Waals surface area contributed by atoms with E-state index in [1.54, 1.807) is 7.11 Å². The van der Waals surface area contributed by atoms with E-state index < -0.39 is 5.60 Å². The Morgan fingerprint density at radius 2 is 1.83 bits per heavy atom. The quantitative estimate of drug-likeness (QED) is 0.784. The summed E-state index contributed by atoms with van der Waals surface area (Å²) in [6.07, 6.45) is 4.40. The van der Waals surface area contributed by atoms with E-state index >= 15 is 0 Å². The molecule has 2 aromatic rings. The molecule has 5 nitrogen and oxygen atoms in total. The van der Waals surface area contributed by atoms with Crippen LogP contribution in [0.5, 0.6) is 11.5 Å². The maximum atomic E-state index is 13.7. The van der Waals surface area contributed by atoms with Gasteiger partial charge in [-0.05, 0) is 44.4 Å². The highest BCUT2D eigenvalue weighted by atomic mass is 16.5. The lowest BCUT2D eigenvalue weighted by molar-refractivity contribution is -0.115. The van der Waals surface area contributed by atoms with Crippen LogP contribution in [-0.2, 0) is 0 Å². The average molecular weight is 410 g/mol. The van der Waals surface area contributed by atoms with Crippen molar-refractivity contribution in [2.75, 3.05) is 20.3 Å². The van der Waals surface area contributed by atoms with Gasteiger partial charge in [0.2, 0.25) is 0 Å². The van der Waals surface area contributed by atoms with Crippen LogP contribution in [0.15, 0.2) is 48.5 Å². The molecule has 0 unspecified atom stereocenters. The van der Waals surface area contributed by atoms with Crippen LogP contribution in [0.1, 0.15) is 61.0 Å². The zero-order chi connectivity index (χ0) is 21.1. The number of carbonyl (C=O) groups is 1. The monoisotopic (exact) mass is 409 g/mol. The average Bonchev–Trinajstić information content (AvgIpc) is 2.78. The third-order valence-electron chi connectivity index (χ3n) is 6.70. The lowest BCUT2D eigenvalue weighted by atomic mass is 9.66. The minimum Gasteiger partial charge on any atom is -0.496 e. The van der Waals surface area contributed by atoms with Gasteiger partial charge in [0.1, 0.15) is 11.5 Å². The first kappa shape index (κ1) is 20.7. The van der Waals surface area contributed by atoms with E-state index in [0.29, 0.717) is 30.9 Å². The van der Waals surface area contributed by atoms with E-state index in [9.17, 15) is 9.90 Å². The van der Waals surface area contributed by atoms with Gasteiger partial charge in [-0.25, -0.2) is 0 Å². The van der Waals surface area contributed by atoms with Crippen LogP contribution in [0.25, 0.3) is 0 Å². The summed E-state index contributed by atoms with van der Waals surface area (Å²) in [6, 6.07) is 15.1. The van der Waals surface area contributed by atoms with Gasteiger partial charge in [-0.15, -0.1) is 0 Å². The molecule has 3 atom stereocenters. The highest BCUT2D eigenvalue weighted by molar-refractivity contribution is 5.97. The number of ether oxygens (including phenoxy) is 2. The van der Waals surface area contributed by atoms with Crippen LogP contribution in [0.4, 0.5) is 0 Å². The molecule has 0 spiro atoms. The van der Waals surface area contributed by atoms with E-state index in [0.717, 1.165) is 37.0 Å². The highest BCUT2D eigenvalue weighted by Gasteiger charge is 2.51. The lowest BCUT2D eigenvalue weighted by Gasteiger charge is -2.52. The van der Waals surface area contributed by atoms with Crippen LogP contribution >= 0.6 is 0 Å². The van der Waals surface area contributed by atoms with E-state index in [1.807, 2.05) is 60.4 Å². The number of hydrogen-bond donors (Lipinski definition) is 1. The summed E-state index contributed by atoms with van der Waals surface area (Å²) in [6.45, 7) is 3.03. The fourth-order valence-electron chi connectivity index (χ4n) is 5.28. The zero-order valence-corrected chi connectivity index (χ0v) is 17.8. The molecular weight excluding hydrogens is 378 g/mol. The first-order valence-corrected chi connectivity index (χ1v) is 11.0. The molecule has 5 heteroatoms. The first-order chi connectivity index (χ1) is 14.6. The Morgan fingerprint density at radius 3 is 2.60 bits per heavy atom. The van der Waals surface area contributed by atoms with Gasteiger partial charge in [0.05, 0.1) is 30.9 Å². The second-order valence-electron chi connectivity index (χ2n) is 8.32. The van der Waals surface area contributed by atoms with Gasteiger partial charge in [0.15, 0.2) is 0 Å². The number of piperidine rings is 1. The van der Waals surface area contributed by atoms with Crippen molar-refractivity contribution in [3.8, 4) is 11.5 Å². The molecule has 1 aliphatic heterocycles. The van der Waals surface area contributed by atoms with Gasteiger partial charge >= 0.3 is 0 Å². The third-order valence-corrected chi connectivity index (χ3v) is 6.70. The Balaban J connectivity index is 1.80. The van der Waals surface area contributed by atoms with E-state index in [-0.39, 0.29) is 17.9 Å². The minimum absolute atomic E-state index is 0.0136. The number of nitrogens with zero attached hydrogens (tertiary/aromatic N) is 1. The van der Waals surface area contributed by atoms with Gasteiger partial charge in [0, 0.05) is 18.0 Å². The molecule has 0 bridgehead atoms. The van der Waals surface area contributed by atoms with Crippen LogP contribution in [0.2, 0.25) is 0 Å². The van der Waals surface area contributed by atoms with Crippen molar-refractivity contribution in [1.29, 1.82) is 0 Å². The smallest absolute Gasteiger partial charge is 0.258 e. The molecule has 1 saturated carbocycles. The number of amides is 1. The van der Waals surface area contributed by atoms with E-state index in [4.69, 9.17) is 9.47 Å². The largest absolute Gasteiger partial charge is 0.496 e. The number of hydrogen-bond acceptors (Lipinski definition) is 4. The molecule has 1 N–H and O–H groups in total. The van der Waals surface area contributed by atoms with Crippen molar-refractivity contribution in [3.05, 3.63) is 59.7 Å². The Bertz CT molecular complexity index is 898. The number of methoxy groups -OCH3 is 1. The molecule has 30 heavy (non-hydrogen) atoms. The number of para-hydroxylation sites is 2. The molecule has 160 valence electrons. The lowest BCUT2D eigenvalue weighted by Crippen LogP contribution is -2.56. The third kappa shape index (κ3) is 3.67. The number of aliphatic hydroxyl groups is 1. The maximum Gasteiger partial charge on any atom is 0.258 e. The summed E-state index contributed by atoms with van der Waals surface area (Å²) >= 11 is 0. The molecule has 0 aromatic heterocycles. The number of benzene rings is 2. The molecule has 0 radical (unpaired) electrons. The number of rotatable bonds is 5. The van der Waals surface area contributed by atoms with Crippen LogP contribution < -0.4 is 9.47 Å². The van der Waals surface area contributed by atoms with Crippen molar-refractivity contribution >= 4 is 5.91 Å². The van der Waals surface area contributed by atoms with Crippen molar-refractivity contribution in [2.24, 2.45) is 5.92 Å². The maximum absolute atomic E-state index is 13.7. The number of likely N-dealkylation sites (tertiary alicyclic amines) is 1. The molecule has 4 rings (SSSR count). The summed E-state index contributed by atoms with van der Waals surface area (Å²) < 4.78 is 11.4. The molecule has 2 aromatic carbocycles. The Morgan fingerprint density at radius 1 is 1.10 bits per heavy atom. The topological polar surface area (TPSA) is 59.0 Å². The van der Waals surface area contributed by atoms with Crippen molar-refractivity contribution in [1.82, 2.24) is 4.90 Å². The summed E-state index contributed by atoms with van der Waals surface area (Å²) in [5.74, 6) is 1.29. The highest BCUT2D eigenvalue weighted by Crippen LogP contribution is 2.51. The van der Waals surface area contributed by atoms with Gasteiger partial charge in [-0.2, -0.15) is 0 Å². The standard InChI is InChI=1S/C25H31NO4/c1-3-30-22-14-7-4-10-18(22)23-20-12-8-9-15-25(20,28)16-17-26(23)24(27)19-11-5-6-13-21(19)29-2/h4-7,10-11,13-14,20,23,28H,3,8-9,12,15-17H2,1-2H3/t20-,23-,25-/m0/s1. The second kappa shape index (κ2) is 8.68. The fourth-order valence-corrected chi connectivity index (χ4v) is 5.28. The minimum atomic E-state index is -0.736. The summed E-state index contributed by atoms with van der Waals surface area (Å²) in [7, 11) is 1.59. The molecule has 2 aliphatic rings. The van der Waals surface area contributed by atoms with Gasteiger partial charge in [-0.3, -0.25) is 4.79 Å². The number of carbonyl (C=O) groups excluding carboxylic acids is 1. The predicted molar refractivity (Wildman–Crippen MR) is 116 cm³/mol. The fraction of sp³-hybridized carbons (Fsp3) is 0.480. The van der Waals surface area contributed by atoms with Crippen molar-refractivity contribution in [3.63, 3.8) is 0 Å². The normalized spacial score (nSPS) is 26.0. The molecule has 1 heterocycles. The molecular formula is C25H31NO4. The SMILES string of the molecule is CCOc1ccccc1[C@H]1[C@@H]2CCCC[C@]2(O)CCN1C(=O)c1ccccc1OC. The molecule has 1 aliphatic carbocycles. The Hall–Kier alpha value is -2.53. The second-order valence-corrected chi connectivity index (χ2v) is 8.32. The van der Waals surface area contributed by atoms with Crippen LogP contribution in [0.3, 0.4) is 0 Å². The Labute approximate surface area is 178 Å². The zero-order valence-electron chi connectivity index (χ0n) is 17.8. The first-order valence-electron chi connectivity index (χ1n) is 11.0. The number of fused-ring (bicyclic) bond motifs is 1. The molecule has 2 fully saturated rings. The van der Waals surface area contributed by atoms with E-state index in [2.05, 4.69) is 0 Å². The van der Waals surface area contributed by atoms with Gasteiger partial charge in [0.25, 0.3) is 5.91 Å². The summed E-state index contributed by atoms with van der Waals surface area (Å²) in [4.78, 5) is 15.7. The van der Waals surface area contributed by atoms with Gasteiger partial charge < -0.3 is 19.5 Å². The van der Waals surface area contributed by atoms with E-state index in [1.165, 1.54) is 0 Å².